The van der Waals surface area contributed by atoms with E-state index < -0.39 is 19.5 Å². The highest BCUT2D eigenvalue weighted by Crippen LogP contribution is 2.29. The third-order valence-corrected chi connectivity index (χ3v) is 2.77. The van der Waals surface area contributed by atoms with Crippen molar-refractivity contribution in [2.75, 3.05) is 31.8 Å². The van der Waals surface area contributed by atoms with Crippen molar-refractivity contribution in [3.63, 3.8) is 0 Å². The van der Waals surface area contributed by atoms with Crippen molar-refractivity contribution < 1.29 is 33.7 Å². The lowest BCUT2D eigenvalue weighted by Gasteiger charge is -2.04. The maximum absolute atomic E-state index is 10.7. The molecule has 0 fully saturated rings. The molecule has 39 heavy (non-hydrogen) atoms. The zero-order chi connectivity index (χ0) is 32.5. The molecule has 0 radical (unpaired) electrons. The average molecular weight is 755 g/mol. The van der Waals surface area contributed by atoms with E-state index in [9.17, 15) is 9.59 Å². The van der Waals surface area contributed by atoms with Crippen molar-refractivity contribution in [2.24, 2.45) is 0 Å². The molecule has 0 aliphatic rings. The van der Waals surface area contributed by atoms with Gasteiger partial charge in [0.25, 0.3) is 3.25 Å². The number of hydrogen-bond acceptors (Lipinski definition) is 9. The van der Waals surface area contributed by atoms with Gasteiger partial charge in [0.15, 0.2) is 0 Å². The standard InChI is InChI=1S/C9H18O3.C5H9ClO2.C4H10O.CCl4.CCl2O.CH2Cl2.O2/c1-3-5-7-11-9(10)12-8-6-4-2;1-2-3-4-8-5(6)7;1-2-3-4-5;2-1(3,4)5;2-1(3)4;2-1-3;1-2/h3-8H2,1-2H3;2-4H2,1H3;5H,2-4H2,1H3;;;1H2;. The Morgan fingerprint density at radius 3 is 1.03 bits per heavy atom. The SMILES string of the molecule is CCCCO.CCCCOC(=O)Cl.CCCCOC(=O)OCCCC.ClC(Cl)(Cl)Cl.ClCCl.O=C(Cl)Cl.O=O. The summed E-state index contributed by atoms with van der Waals surface area (Å²) in [6.07, 6.45) is 7.28. The van der Waals surface area contributed by atoms with Crippen LogP contribution in [-0.4, -0.2) is 56.4 Å². The fraction of sp³-hybridized carbons (Fsp3) is 0.857. The molecule has 0 aliphatic heterocycles. The lowest BCUT2D eigenvalue weighted by molar-refractivity contribution is 0.0536. The minimum absolute atomic E-state index is 0.194. The molecular formula is C21H39Cl9O9. The van der Waals surface area contributed by atoms with E-state index in [1.807, 2.05) is 20.8 Å². The lowest BCUT2D eigenvalue weighted by Crippen LogP contribution is -2.09. The highest BCUT2D eigenvalue weighted by Gasteiger charge is 2.11. The molecule has 0 spiro atoms. The first-order valence-corrected chi connectivity index (χ1v) is 15.0. The number of ether oxygens (including phenoxy) is 3. The molecule has 0 aliphatic carbocycles. The summed E-state index contributed by atoms with van der Waals surface area (Å²) in [7, 11) is 0. The van der Waals surface area contributed by atoms with Crippen molar-refractivity contribution in [3.8, 4) is 0 Å². The van der Waals surface area contributed by atoms with Crippen LogP contribution in [0.2, 0.25) is 0 Å². The maximum Gasteiger partial charge on any atom is 0.508 e. The summed E-state index contributed by atoms with van der Waals surface area (Å²) >= 11 is 42.5. The van der Waals surface area contributed by atoms with Crippen LogP contribution in [0.3, 0.4) is 0 Å². The Morgan fingerprint density at radius 1 is 0.641 bits per heavy atom. The molecule has 0 amide bonds. The summed E-state index contributed by atoms with van der Waals surface area (Å²) in [6.45, 7) is 9.90. The van der Waals surface area contributed by atoms with Gasteiger partial charge >= 0.3 is 16.3 Å². The minimum Gasteiger partial charge on any atom is -0.454 e. The van der Waals surface area contributed by atoms with E-state index in [4.69, 9.17) is 111 Å². The van der Waals surface area contributed by atoms with Gasteiger partial charge in [-0.25, -0.2) is 9.59 Å². The van der Waals surface area contributed by atoms with E-state index >= 15 is 0 Å². The molecule has 240 valence electrons. The van der Waals surface area contributed by atoms with Crippen LogP contribution in [-0.2, 0) is 14.2 Å². The van der Waals surface area contributed by atoms with Gasteiger partial charge < -0.3 is 19.3 Å². The molecule has 1 N–H and O–H groups in total. The Labute approximate surface area is 276 Å². The molecule has 0 heterocycles. The lowest BCUT2D eigenvalue weighted by atomic mass is 10.4. The highest BCUT2D eigenvalue weighted by atomic mass is 35.6. The van der Waals surface area contributed by atoms with E-state index in [0.717, 1.165) is 51.4 Å². The number of unbranched alkanes of at least 4 members (excludes halogenated alkanes) is 4. The van der Waals surface area contributed by atoms with Crippen LogP contribution >= 0.6 is 104 Å². The molecule has 0 aromatic rings. The number of alkyl halides is 6. The van der Waals surface area contributed by atoms with Crippen LogP contribution in [0.4, 0.5) is 14.4 Å². The molecule has 18 heteroatoms. The first kappa shape index (κ1) is 55.5. The van der Waals surface area contributed by atoms with Crippen molar-refractivity contribution in [2.45, 2.75) is 82.3 Å². The van der Waals surface area contributed by atoms with E-state index in [1.165, 1.54) is 0 Å². The van der Waals surface area contributed by atoms with Gasteiger partial charge in [0.2, 0.25) is 0 Å². The second-order valence-corrected chi connectivity index (χ2v) is 11.4. The van der Waals surface area contributed by atoms with Crippen molar-refractivity contribution in [3.05, 3.63) is 9.93 Å². The number of rotatable bonds is 11. The van der Waals surface area contributed by atoms with Crippen molar-refractivity contribution in [1.29, 1.82) is 0 Å². The summed E-state index contributed by atoms with van der Waals surface area (Å²) in [4.78, 5) is 43.6. The second kappa shape index (κ2) is 54.6. The summed E-state index contributed by atoms with van der Waals surface area (Å²) in [5.41, 5.74) is -0.710. The highest BCUT2D eigenvalue weighted by molar-refractivity contribution is 6.93. The van der Waals surface area contributed by atoms with Crippen LogP contribution in [0.25, 0.3) is 0 Å². The topological polar surface area (TPSA) is 133 Å². The van der Waals surface area contributed by atoms with E-state index in [0.29, 0.717) is 26.4 Å². The largest absolute Gasteiger partial charge is 0.508 e. The predicted octanol–water partition coefficient (Wildman–Crippen LogP) is 11.3. The van der Waals surface area contributed by atoms with Gasteiger partial charge in [0, 0.05) is 28.1 Å². The Balaban J connectivity index is -0.0000000664. The number of aliphatic hydroxyl groups is 1. The van der Waals surface area contributed by atoms with Gasteiger partial charge in [-0.15, -0.1) is 23.2 Å². The molecule has 0 unspecified atom stereocenters. The number of aliphatic hydroxyl groups excluding tert-OH is 1. The van der Waals surface area contributed by atoms with E-state index in [-0.39, 0.29) is 5.34 Å². The summed E-state index contributed by atoms with van der Waals surface area (Å²) < 4.78 is 11.4. The third kappa shape index (κ3) is 167. The molecule has 9 nitrogen and oxygen atoms in total. The number of halogens is 9. The van der Waals surface area contributed by atoms with Crippen LogP contribution in [0, 0.1) is 9.93 Å². The Bertz CT molecular complexity index is 451. The van der Waals surface area contributed by atoms with Gasteiger partial charge in [-0.2, -0.15) is 0 Å². The van der Waals surface area contributed by atoms with Crippen molar-refractivity contribution in [1.82, 2.24) is 0 Å². The molecule has 0 atom stereocenters. The summed E-state index contributed by atoms with van der Waals surface area (Å²) in [6, 6.07) is 0. The molecule has 0 aromatic carbocycles. The quantitative estimate of drug-likeness (QED) is 0.0946. The second-order valence-electron chi connectivity index (χ2n) is 5.93. The monoisotopic (exact) mass is 750 g/mol. The van der Waals surface area contributed by atoms with Crippen LogP contribution in [0.5, 0.6) is 0 Å². The Hall–Kier alpha value is 0.580. The average Bonchev–Trinajstić information content (AvgIpc) is 2.81. The van der Waals surface area contributed by atoms with Gasteiger partial charge in [-0.3, -0.25) is 4.79 Å². The van der Waals surface area contributed by atoms with E-state index in [2.05, 4.69) is 34.9 Å². The van der Waals surface area contributed by atoms with Gasteiger partial charge in [0.05, 0.1) is 25.2 Å². The normalized spacial score (nSPS) is 8.56. The third-order valence-electron chi connectivity index (χ3n) is 2.66. The molecule has 0 saturated heterocycles. The molecule has 0 bridgehead atoms. The summed E-state index contributed by atoms with van der Waals surface area (Å²) in [5, 5.41) is 8.26. The number of carbonyl (C=O) groups is 3. The van der Waals surface area contributed by atoms with Gasteiger partial charge in [0.1, 0.15) is 0 Å². The molecular weight excluding hydrogens is 715 g/mol. The predicted molar refractivity (Wildman–Crippen MR) is 168 cm³/mol. The first-order valence-electron chi connectivity index (χ1n) is 11.3. The van der Waals surface area contributed by atoms with Crippen LogP contribution in [0.1, 0.15) is 79.1 Å². The smallest absolute Gasteiger partial charge is 0.454 e. The zero-order valence-electron chi connectivity index (χ0n) is 22.3. The summed E-state index contributed by atoms with van der Waals surface area (Å²) in [5.74, 6) is 0. The Kier molecular flexibility index (Phi) is 77.7. The first-order chi connectivity index (χ1) is 18.1. The van der Waals surface area contributed by atoms with Crippen LogP contribution in [0.15, 0.2) is 0 Å². The van der Waals surface area contributed by atoms with Crippen LogP contribution < -0.4 is 0 Å². The Morgan fingerprint density at radius 2 is 0.872 bits per heavy atom. The van der Waals surface area contributed by atoms with Crippen molar-refractivity contribution >= 4 is 121 Å². The number of hydrogen-bond donors (Lipinski definition) is 1. The van der Waals surface area contributed by atoms with Gasteiger partial charge in [-0.1, -0.05) is 99.8 Å². The number of carbonyl (C=O) groups excluding carboxylic acids is 3. The van der Waals surface area contributed by atoms with E-state index in [1.54, 1.807) is 0 Å². The minimum atomic E-state index is -1.61. The molecule has 0 rings (SSSR count). The molecule has 0 aromatic heterocycles. The van der Waals surface area contributed by atoms with Gasteiger partial charge in [-0.05, 0) is 48.9 Å². The fourth-order valence-electron chi connectivity index (χ4n) is 1.10. The maximum atomic E-state index is 10.7. The zero-order valence-corrected chi connectivity index (χ0v) is 29.1. The molecule has 0 saturated carbocycles. The fourth-order valence-corrected chi connectivity index (χ4v) is 1.17.